The lowest BCUT2D eigenvalue weighted by atomic mass is 10.1. The Morgan fingerprint density at radius 1 is 1.40 bits per heavy atom. The molecule has 1 aliphatic rings. The Bertz CT molecular complexity index is 569. The lowest BCUT2D eigenvalue weighted by Crippen LogP contribution is -2.44. The number of anilines is 1. The van der Waals surface area contributed by atoms with Crippen LogP contribution in [0.2, 0.25) is 0 Å². The third kappa shape index (κ3) is 3.47. The molecule has 1 saturated heterocycles. The van der Waals surface area contributed by atoms with E-state index >= 15 is 0 Å². The van der Waals surface area contributed by atoms with Crippen LogP contribution >= 0.6 is 0 Å². The fourth-order valence-electron chi connectivity index (χ4n) is 2.38. The molecular weight excluding hydrogens is 281 g/mol. The van der Waals surface area contributed by atoms with Crippen molar-refractivity contribution in [3.05, 3.63) is 24.0 Å². The van der Waals surface area contributed by atoms with Gasteiger partial charge in [-0.3, -0.25) is 0 Å². The minimum atomic E-state index is -3.86. The van der Waals surface area contributed by atoms with Crippen molar-refractivity contribution in [1.82, 2.24) is 9.62 Å². The maximum atomic E-state index is 13.7. The Balaban J connectivity index is 2.10. The van der Waals surface area contributed by atoms with E-state index in [0.717, 1.165) is 44.6 Å². The molecule has 0 atom stereocenters. The Kier molecular flexibility index (Phi) is 4.62. The summed E-state index contributed by atoms with van der Waals surface area (Å²) in [7, 11) is -3.86. The van der Waals surface area contributed by atoms with Gasteiger partial charge in [0.25, 0.3) is 0 Å². The zero-order valence-corrected chi connectivity index (χ0v) is 12.3. The standard InChI is InChI=1S/C13H20FN3O2S/c1-2-17-7-5-11(6-8-17)16-20(18,19)13-9-10(15)3-4-12(13)14/h3-4,9,11,16H,2,5-8,15H2,1H3. The summed E-state index contributed by atoms with van der Waals surface area (Å²) in [6, 6.07) is 3.42. The molecule has 1 heterocycles. The molecule has 3 N–H and O–H groups in total. The van der Waals surface area contributed by atoms with E-state index in [2.05, 4.69) is 16.5 Å². The number of nitrogens with one attached hydrogen (secondary N) is 1. The van der Waals surface area contributed by atoms with Gasteiger partial charge in [-0.1, -0.05) is 6.92 Å². The highest BCUT2D eigenvalue weighted by atomic mass is 32.2. The van der Waals surface area contributed by atoms with Gasteiger partial charge in [0.1, 0.15) is 10.7 Å². The van der Waals surface area contributed by atoms with Gasteiger partial charge >= 0.3 is 0 Å². The number of rotatable bonds is 4. The van der Waals surface area contributed by atoms with E-state index in [1.807, 2.05) is 0 Å². The quantitative estimate of drug-likeness (QED) is 0.819. The van der Waals surface area contributed by atoms with Gasteiger partial charge in [-0.2, -0.15) is 0 Å². The molecule has 20 heavy (non-hydrogen) atoms. The van der Waals surface area contributed by atoms with E-state index in [4.69, 9.17) is 5.73 Å². The number of likely N-dealkylation sites (tertiary alicyclic amines) is 1. The fraction of sp³-hybridized carbons (Fsp3) is 0.538. The average molecular weight is 301 g/mol. The van der Waals surface area contributed by atoms with Crippen LogP contribution in [0.3, 0.4) is 0 Å². The molecular formula is C13H20FN3O2S. The van der Waals surface area contributed by atoms with Crippen molar-refractivity contribution in [2.75, 3.05) is 25.4 Å². The zero-order valence-electron chi connectivity index (χ0n) is 11.5. The van der Waals surface area contributed by atoms with Crippen LogP contribution in [-0.2, 0) is 10.0 Å². The summed E-state index contributed by atoms with van der Waals surface area (Å²) in [5.74, 6) is -0.780. The van der Waals surface area contributed by atoms with Crippen LogP contribution in [0.15, 0.2) is 23.1 Å². The first-order valence-electron chi connectivity index (χ1n) is 6.72. The first kappa shape index (κ1) is 15.2. The maximum Gasteiger partial charge on any atom is 0.243 e. The normalized spacial score (nSPS) is 18.3. The van der Waals surface area contributed by atoms with Crippen LogP contribution in [-0.4, -0.2) is 39.0 Å². The third-order valence-electron chi connectivity index (χ3n) is 3.60. The zero-order chi connectivity index (χ0) is 14.8. The van der Waals surface area contributed by atoms with Crippen molar-refractivity contribution in [2.24, 2.45) is 0 Å². The minimum absolute atomic E-state index is 0.149. The van der Waals surface area contributed by atoms with Crippen LogP contribution in [0.25, 0.3) is 0 Å². The Morgan fingerprint density at radius 3 is 2.65 bits per heavy atom. The summed E-state index contributed by atoms with van der Waals surface area (Å²) >= 11 is 0. The lowest BCUT2D eigenvalue weighted by Gasteiger charge is -2.31. The van der Waals surface area contributed by atoms with Crippen LogP contribution in [0.4, 0.5) is 10.1 Å². The van der Waals surface area contributed by atoms with Crippen molar-refractivity contribution in [1.29, 1.82) is 0 Å². The van der Waals surface area contributed by atoms with Gasteiger partial charge in [0.05, 0.1) is 0 Å². The first-order valence-corrected chi connectivity index (χ1v) is 8.20. The number of benzene rings is 1. The molecule has 1 aromatic rings. The summed E-state index contributed by atoms with van der Waals surface area (Å²) in [5, 5.41) is 0. The van der Waals surface area contributed by atoms with E-state index in [1.165, 1.54) is 6.07 Å². The van der Waals surface area contributed by atoms with Crippen LogP contribution in [0, 0.1) is 5.82 Å². The van der Waals surface area contributed by atoms with Gasteiger partial charge in [0, 0.05) is 11.7 Å². The molecule has 0 radical (unpaired) electrons. The second kappa shape index (κ2) is 6.07. The number of sulfonamides is 1. The van der Waals surface area contributed by atoms with Crippen molar-refractivity contribution < 1.29 is 12.8 Å². The number of halogens is 1. The van der Waals surface area contributed by atoms with E-state index in [0.29, 0.717) is 0 Å². The predicted octanol–water partition coefficient (Wildman–Crippen LogP) is 1.17. The molecule has 1 aliphatic heterocycles. The van der Waals surface area contributed by atoms with Crippen LogP contribution in [0.5, 0.6) is 0 Å². The van der Waals surface area contributed by atoms with Gasteiger partial charge < -0.3 is 10.6 Å². The van der Waals surface area contributed by atoms with E-state index in [1.54, 1.807) is 0 Å². The summed E-state index contributed by atoms with van der Waals surface area (Å²) in [5.41, 5.74) is 5.76. The van der Waals surface area contributed by atoms with Crippen molar-refractivity contribution in [3.63, 3.8) is 0 Å². The lowest BCUT2D eigenvalue weighted by molar-refractivity contribution is 0.217. The van der Waals surface area contributed by atoms with Gasteiger partial charge in [-0.15, -0.1) is 0 Å². The van der Waals surface area contributed by atoms with Gasteiger partial charge in [-0.25, -0.2) is 17.5 Å². The molecule has 0 spiro atoms. The van der Waals surface area contributed by atoms with E-state index in [9.17, 15) is 12.8 Å². The fourth-order valence-corrected chi connectivity index (χ4v) is 3.79. The number of hydrogen-bond acceptors (Lipinski definition) is 4. The highest BCUT2D eigenvalue weighted by Gasteiger charge is 2.26. The molecule has 5 nitrogen and oxygen atoms in total. The molecule has 0 amide bonds. The second-order valence-electron chi connectivity index (χ2n) is 5.02. The highest BCUT2D eigenvalue weighted by molar-refractivity contribution is 7.89. The predicted molar refractivity (Wildman–Crippen MR) is 76.3 cm³/mol. The Morgan fingerprint density at radius 2 is 2.05 bits per heavy atom. The van der Waals surface area contributed by atoms with Crippen LogP contribution in [0.1, 0.15) is 19.8 Å². The molecule has 0 aliphatic carbocycles. The summed E-state index contributed by atoms with van der Waals surface area (Å²) in [4.78, 5) is 1.88. The van der Waals surface area contributed by atoms with Crippen molar-refractivity contribution in [2.45, 2.75) is 30.7 Å². The Labute approximate surface area is 119 Å². The molecule has 7 heteroatoms. The molecule has 2 rings (SSSR count). The topological polar surface area (TPSA) is 75.4 Å². The molecule has 0 unspecified atom stereocenters. The summed E-state index contributed by atoms with van der Waals surface area (Å²) in [6.07, 6.45) is 1.47. The molecule has 0 aromatic heterocycles. The molecule has 1 fully saturated rings. The molecule has 0 saturated carbocycles. The largest absolute Gasteiger partial charge is 0.399 e. The Hall–Kier alpha value is -1.18. The van der Waals surface area contributed by atoms with Crippen LogP contribution < -0.4 is 10.5 Å². The number of piperidine rings is 1. The van der Waals surface area contributed by atoms with Gasteiger partial charge in [0.2, 0.25) is 10.0 Å². The van der Waals surface area contributed by atoms with Crippen molar-refractivity contribution >= 4 is 15.7 Å². The molecule has 1 aromatic carbocycles. The van der Waals surface area contributed by atoms with E-state index in [-0.39, 0.29) is 16.6 Å². The second-order valence-corrected chi connectivity index (χ2v) is 6.70. The maximum absolute atomic E-state index is 13.7. The number of nitrogens with two attached hydrogens (primary N) is 1. The minimum Gasteiger partial charge on any atom is -0.399 e. The van der Waals surface area contributed by atoms with Gasteiger partial charge in [0.15, 0.2) is 0 Å². The molecule has 0 bridgehead atoms. The summed E-state index contributed by atoms with van der Waals surface area (Å²) < 4.78 is 40.6. The SMILES string of the molecule is CCN1CCC(NS(=O)(=O)c2cc(N)ccc2F)CC1. The third-order valence-corrected chi connectivity index (χ3v) is 5.14. The van der Waals surface area contributed by atoms with E-state index < -0.39 is 15.8 Å². The number of nitrogen functional groups attached to an aromatic ring is 1. The monoisotopic (exact) mass is 301 g/mol. The highest BCUT2D eigenvalue weighted by Crippen LogP contribution is 2.19. The molecule has 112 valence electrons. The van der Waals surface area contributed by atoms with Crippen molar-refractivity contribution in [3.8, 4) is 0 Å². The van der Waals surface area contributed by atoms with Gasteiger partial charge in [-0.05, 0) is 50.7 Å². The first-order chi connectivity index (χ1) is 9.42. The average Bonchev–Trinajstić information content (AvgIpc) is 2.42. The smallest absolute Gasteiger partial charge is 0.243 e. The summed E-state index contributed by atoms with van der Waals surface area (Å²) in [6.45, 7) is 4.74. The number of hydrogen-bond donors (Lipinski definition) is 2. The number of nitrogens with zero attached hydrogens (tertiary/aromatic N) is 1.